The molecule has 0 saturated carbocycles. The van der Waals surface area contributed by atoms with Crippen LogP contribution in [-0.4, -0.2) is 4.98 Å². The minimum atomic E-state index is 0.362. The largest absolute Gasteiger partial charge is 0.453 e. The quantitative estimate of drug-likeness (QED) is 0.904. The van der Waals surface area contributed by atoms with Crippen molar-refractivity contribution in [3.05, 3.63) is 45.5 Å². The minimum absolute atomic E-state index is 0.362. The van der Waals surface area contributed by atoms with Crippen molar-refractivity contribution >= 4 is 33.3 Å². The van der Waals surface area contributed by atoms with E-state index in [0.717, 1.165) is 10.0 Å². The van der Waals surface area contributed by atoms with Gasteiger partial charge in [0.1, 0.15) is 5.75 Å². The molecule has 0 saturated heterocycles. The molecule has 0 radical (unpaired) electrons. The van der Waals surface area contributed by atoms with Crippen LogP contribution < -0.4 is 10.5 Å². The summed E-state index contributed by atoms with van der Waals surface area (Å²) in [7, 11) is 0. The van der Waals surface area contributed by atoms with Crippen molar-refractivity contribution in [3.8, 4) is 11.5 Å². The molecular formula is C12H10BrClN2O. The lowest BCUT2D eigenvalue weighted by Gasteiger charge is -2.10. The van der Waals surface area contributed by atoms with E-state index >= 15 is 0 Å². The SMILES string of the molecule is Cc1ccnc(N)c1Oc1cc(Cl)cc(Br)c1. The number of halogens is 2. The smallest absolute Gasteiger partial charge is 0.172 e. The number of aromatic nitrogens is 1. The van der Waals surface area contributed by atoms with Crippen LogP contribution in [-0.2, 0) is 0 Å². The molecule has 0 unspecified atom stereocenters. The van der Waals surface area contributed by atoms with Gasteiger partial charge in [-0.25, -0.2) is 4.98 Å². The van der Waals surface area contributed by atoms with Crippen LogP contribution in [0.5, 0.6) is 11.5 Å². The molecular weight excluding hydrogens is 304 g/mol. The Morgan fingerprint density at radius 2 is 2.12 bits per heavy atom. The van der Waals surface area contributed by atoms with Gasteiger partial charge in [0.05, 0.1) is 0 Å². The first-order valence-corrected chi connectivity index (χ1v) is 6.08. The van der Waals surface area contributed by atoms with E-state index in [-0.39, 0.29) is 0 Å². The number of nitrogens with zero attached hydrogens (tertiary/aromatic N) is 1. The van der Waals surface area contributed by atoms with E-state index in [1.807, 2.05) is 19.1 Å². The molecule has 88 valence electrons. The minimum Gasteiger partial charge on any atom is -0.453 e. The highest BCUT2D eigenvalue weighted by Gasteiger charge is 2.07. The first-order valence-electron chi connectivity index (χ1n) is 4.91. The van der Waals surface area contributed by atoms with Crippen molar-refractivity contribution in [1.29, 1.82) is 0 Å². The van der Waals surface area contributed by atoms with Gasteiger partial charge in [0.15, 0.2) is 11.6 Å². The first kappa shape index (κ1) is 12.2. The predicted molar refractivity (Wildman–Crippen MR) is 72.6 cm³/mol. The van der Waals surface area contributed by atoms with Crippen molar-refractivity contribution < 1.29 is 4.74 Å². The third-order valence-corrected chi connectivity index (χ3v) is 2.86. The number of pyridine rings is 1. The van der Waals surface area contributed by atoms with Gasteiger partial charge < -0.3 is 10.5 Å². The molecule has 3 nitrogen and oxygen atoms in total. The maximum absolute atomic E-state index is 5.94. The number of ether oxygens (including phenoxy) is 1. The summed E-state index contributed by atoms with van der Waals surface area (Å²) in [6.45, 7) is 1.91. The summed E-state index contributed by atoms with van der Waals surface area (Å²) in [6.07, 6.45) is 1.64. The summed E-state index contributed by atoms with van der Waals surface area (Å²) in [5.41, 5.74) is 6.69. The Balaban J connectivity index is 2.38. The summed E-state index contributed by atoms with van der Waals surface area (Å²) in [4.78, 5) is 3.99. The second kappa shape index (κ2) is 4.94. The van der Waals surface area contributed by atoms with Crippen LogP contribution >= 0.6 is 27.5 Å². The Morgan fingerprint density at radius 3 is 2.76 bits per heavy atom. The molecule has 1 aromatic heterocycles. The van der Waals surface area contributed by atoms with E-state index in [1.54, 1.807) is 18.3 Å². The molecule has 0 fully saturated rings. The molecule has 0 aliphatic rings. The number of aryl methyl sites for hydroxylation is 1. The molecule has 17 heavy (non-hydrogen) atoms. The van der Waals surface area contributed by atoms with Gasteiger partial charge in [-0.15, -0.1) is 0 Å². The van der Waals surface area contributed by atoms with E-state index in [0.29, 0.717) is 22.3 Å². The Hall–Kier alpha value is -1.26. The van der Waals surface area contributed by atoms with Crippen LogP contribution in [0.3, 0.4) is 0 Å². The fraction of sp³-hybridized carbons (Fsp3) is 0.0833. The van der Waals surface area contributed by atoms with E-state index in [2.05, 4.69) is 20.9 Å². The number of anilines is 1. The van der Waals surface area contributed by atoms with Crippen LogP contribution in [0.2, 0.25) is 5.02 Å². The van der Waals surface area contributed by atoms with Crippen LogP contribution in [0, 0.1) is 6.92 Å². The van der Waals surface area contributed by atoms with Crippen molar-refractivity contribution in [2.24, 2.45) is 0 Å². The number of nitrogens with two attached hydrogens (primary N) is 1. The Labute approximate surface area is 113 Å². The normalized spacial score (nSPS) is 10.3. The van der Waals surface area contributed by atoms with E-state index in [9.17, 15) is 0 Å². The maximum Gasteiger partial charge on any atom is 0.172 e. The van der Waals surface area contributed by atoms with Gasteiger partial charge in [0, 0.05) is 15.7 Å². The second-order valence-corrected chi connectivity index (χ2v) is 4.90. The molecule has 2 rings (SSSR count). The number of nitrogen functional groups attached to an aromatic ring is 1. The number of hydrogen-bond acceptors (Lipinski definition) is 3. The molecule has 2 aromatic rings. The molecule has 0 atom stereocenters. The lowest BCUT2D eigenvalue weighted by molar-refractivity contribution is 0.479. The summed E-state index contributed by atoms with van der Waals surface area (Å²) >= 11 is 9.29. The van der Waals surface area contributed by atoms with Crippen LogP contribution in [0.4, 0.5) is 5.82 Å². The zero-order chi connectivity index (χ0) is 12.4. The van der Waals surface area contributed by atoms with E-state index in [4.69, 9.17) is 22.1 Å². The van der Waals surface area contributed by atoms with E-state index < -0.39 is 0 Å². The van der Waals surface area contributed by atoms with Gasteiger partial charge in [-0.2, -0.15) is 0 Å². The molecule has 0 spiro atoms. The van der Waals surface area contributed by atoms with Crippen LogP contribution in [0.1, 0.15) is 5.56 Å². The average Bonchev–Trinajstić information content (AvgIpc) is 2.22. The highest BCUT2D eigenvalue weighted by atomic mass is 79.9. The topological polar surface area (TPSA) is 48.1 Å². The fourth-order valence-electron chi connectivity index (χ4n) is 1.40. The molecule has 1 heterocycles. The van der Waals surface area contributed by atoms with Crippen molar-refractivity contribution in [2.45, 2.75) is 6.92 Å². The van der Waals surface area contributed by atoms with Crippen molar-refractivity contribution in [2.75, 3.05) is 5.73 Å². The average molecular weight is 314 g/mol. The summed E-state index contributed by atoms with van der Waals surface area (Å²) < 4.78 is 6.55. The summed E-state index contributed by atoms with van der Waals surface area (Å²) in [5, 5.41) is 0.592. The highest BCUT2D eigenvalue weighted by Crippen LogP contribution is 2.32. The van der Waals surface area contributed by atoms with Gasteiger partial charge >= 0.3 is 0 Å². The highest BCUT2D eigenvalue weighted by molar-refractivity contribution is 9.10. The predicted octanol–water partition coefficient (Wildman–Crippen LogP) is 4.18. The molecule has 5 heteroatoms. The Bertz CT molecular complexity index is 520. The Kier molecular flexibility index (Phi) is 3.54. The van der Waals surface area contributed by atoms with Gasteiger partial charge in [0.2, 0.25) is 0 Å². The molecule has 0 aliphatic heterocycles. The third-order valence-electron chi connectivity index (χ3n) is 2.18. The summed E-state index contributed by atoms with van der Waals surface area (Å²) in [6, 6.07) is 7.16. The molecule has 0 bridgehead atoms. The molecule has 0 aliphatic carbocycles. The monoisotopic (exact) mass is 312 g/mol. The van der Waals surface area contributed by atoms with Gasteiger partial charge in [0.25, 0.3) is 0 Å². The second-order valence-electron chi connectivity index (χ2n) is 3.55. The van der Waals surface area contributed by atoms with Crippen molar-refractivity contribution in [3.63, 3.8) is 0 Å². The zero-order valence-corrected chi connectivity index (χ0v) is 11.4. The third kappa shape index (κ3) is 2.90. The standard InChI is InChI=1S/C12H10BrClN2O/c1-7-2-3-16-12(15)11(7)17-10-5-8(13)4-9(14)6-10/h2-6H,1H3,(H2,15,16). The summed E-state index contributed by atoms with van der Waals surface area (Å²) in [5.74, 6) is 1.54. The molecule has 2 N–H and O–H groups in total. The van der Waals surface area contributed by atoms with Crippen LogP contribution in [0.25, 0.3) is 0 Å². The maximum atomic E-state index is 5.94. The van der Waals surface area contributed by atoms with Gasteiger partial charge in [-0.1, -0.05) is 27.5 Å². The molecule has 0 amide bonds. The van der Waals surface area contributed by atoms with Gasteiger partial charge in [-0.3, -0.25) is 0 Å². The number of rotatable bonds is 2. The fourth-order valence-corrected chi connectivity index (χ4v) is 2.23. The number of hydrogen-bond donors (Lipinski definition) is 1. The Morgan fingerprint density at radius 1 is 1.35 bits per heavy atom. The lowest BCUT2D eigenvalue weighted by atomic mass is 10.2. The lowest BCUT2D eigenvalue weighted by Crippen LogP contribution is -1.97. The van der Waals surface area contributed by atoms with Gasteiger partial charge in [-0.05, 0) is 36.8 Å². The van der Waals surface area contributed by atoms with Crippen molar-refractivity contribution in [1.82, 2.24) is 4.98 Å². The van der Waals surface area contributed by atoms with Crippen LogP contribution in [0.15, 0.2) is 34.9 Å². The zero-order valence-electron chi connectivity index (χ0n) is 9.08. The first-order chi connectivity index (χ1) is 8.06. The molecule has 1 aromatic carbocycles. The van der Waals surface area contributed by atoms with E-state index in [1.165, 1.54) is 0 Å². The number of benzene rings is 1.